The molecule has 16 nitrogen and oxygen atoms in total. The van der Waals surface area contributed by atoms with E-state index in [1.54, 1.807) is 95.3 Å². The van der Waals surface area contributed by atoms with Crippen LogP contribution in [0.25, 0.3) is 0 Å². The highest BCUT2D eigenvalue weighted by atomic mass is 16.6. The Labute approximate surface area is 399 Å². The highest BCUT2D eigenvalue weighted by Crippen LogP contribution is 2.65. The second-order valence-corrected chi connectivity index (χ2v) is 20.9. The van der Waals surface area contributed by atoms with Crippen LogP contribution in [0, 0.1) is 22.7 Å². The molecule has 7 rings (SSSR count). The van der Waals surface area contributed by atoms with E-state index in [0.29, 0.717) is 62.4 Å². The lowest BCUT2D eigenvalue weighted by molar-refractivity contribution is -0.316. The highest BCUT2D eigenvalue weighted by Gasteiger charge is 2.76. The molecule has 1 amide bonds. The van der Waals surface area contributed by atoms with E-state index in [1.807, 2.05) is 13.8 Å². The molecule has 68 heavy (non-hydrogen) atoms. The molecule has 0 aromatic heterocycles. The SMILES string of the molecule is CO[C@H]1CC[C@H]2OC[C@@]2(OC(C)=O)[C@H]2[C@H](OC(=O)C3=CC=CC=CC3)[C@]3(O)C[C@H](OC(=O)[C@H](O)[C@@H](NC(=O)OC(C)(C)C)c4ccccc4)C(C)=C([C@@H](CCN4CCOCC4)C(=O)[C@]12C)C3(C)C. The number of ether oxygens (including phenoxy) is 7. The zero-order valence-corrected chi connectivity index (χ0v) is 40.9. The molecule has 2 saturated carbocycles. The predicted molar refractivity (Wildman–Crippen MR) is 248 cm³/mol. The van der Waals surface area contributed by atoms with Crippen molar-refractivity contribution in [2.24, 2.45) is 22.7 Å². The number of hydrogen-bond donors (Lipinski definition) is 3. The standard InChI is InChI=1S/C52H70N2O14/c1-31-36(65-46(59)41(56)40(33-17-15-12-16-18-33)53-47(60)68-48(3,4)5)29-52(61)44(66-45(58)34-19-13-10-11-14-20-34)42-50(8,37(62-9)21-22-38-51(42,30-64-38)67-32(2)55)43(57)35(39(31)49(52,6)7)23-24-54-25-27-63-28-26-54/h10-19,35-38,40-42,44,56,61H,20-30H2,1-9H3,(H,53,60)/t35-,36+,37+,38-,40+,41-,42+,44+,50-,51+,52-/m1/s1. The number of aliphatic hydroxyl groups is 2. The summed E-state index contributed by atoms with van der Waals surface area (Å²) in [4.78, 5) is 74.7. The number of allylic oxidation sites excluding steroid dienone is 5. The lowest BCUT2D eigenvalue weighted by Crippen LogP contribution is -2.77. The molecule has 11 atom stereocenters. The fraction of sp³-hybridized carbons (Fsp3) is 0.635. The van der Waals surface area contributed by atoms with Gasteiger partial charge in [0.15, 0.2) is 11.7 Å². The van der Waals surface area contributed by atoms with Crippen LogP contribution in [-0.2, 0) is 52.3 Å². The van der Waals surface area contributed by atoms with Gasteiger partial charge in [0.05, 0.1) is 43.3 Å². The summed E-state index contributed by atoms with van der Waals surface area (Å²) >= 11 is 0. The molecule has 1 aromatic carbocycles. The Morgan fingerprint density at radius 1 is 1.00 bits per heavy atom. The van der Waals surface area contributed by atoms with Crippen LogP contribution >= 0.6 is 0 Å². The summed E-state index contributed by atoms with van der Waals surface area (Å²) in [6, 6.07) is 7.09. The Morgan fingerprint density at radius 2 is 1.71 bits per heavy atom. The minimum atomic E-state index is -2.18. The smallest absolute Gasteiger partial charge is 0.408 e. The van der Waals surface area contributed by atoms with Gasteiger partial charge in [0.25, 0.3) is 0 Å². The van der Waals surface area contributed by atoms with Gasteiger partial charge < -0.3 is 48.7 Å². The maximum atomic E-state index is 16.5. The first-order valence-corrected chi connectivity index (χ1v) is 23.9. The van der Waals surface area contributed by atoms with Gasteiger partial charge in [0.1, 0.15) is 35.3 Å². The first-order chi connectivity index (χ1) is 32.1. The van der Waals surface area contributed by atoms with Gasteiger partial charge in [-0.25, -0.2) is 14.4 Å². The van der Waals surface area contributed by atoms with E-state index in [-0.39, 0.29) is 37.2 Å². The van der Waals surface area contributed by atoms with E-state index in [0.717, 1.165) is 0 Å². The Bertz CT molecular complexity index is 2210. The number of amides is 1. The number of Topliss-reactive ketones (excluding diaryl/α,β-unsaturated/α-hetero) is 1. The Kier molecular flexibility index (Phi) is 15.0. The molecule has 1 aromatic rings. The van der Waals surface area contributed by atoms with Crippen molar-refractivity contribution in [3.05, 3.63) is 83.0 Å². The zero-order chi connectivity index (χ0) is 49.4. The van der Waals surface area contributed by atoms with Crippen molar-refractivity contribution in [1.82, 2.24) is 10.2 Å². The highest BCUT2D eigenvalue weighted by molar-refractivity contribution is 5.92. The Hall–Kier alpha value is -4.71. The number of ketones is 1. The first kappa shape index (κ1) is 51.1. The van der Waals surface area contributed by atoms with E-state index in [4.69, 9.17) is 33.2 Å². The van der Waals surface area contributed by atoms with Gasteiger partial charge in [-0.05, 0) is 83.6 Å². The summed E-state index contributed by atoms with van der Waals surface area (Å²) in [7, 11) is 1.52. The number of alkyl carbamates (subject to hydrolysis) is 1. The normalized spacial score (nSPS) is 33.3. The number of benzene rings is 1. The summed E-state index contributed by atoms with van der Waals surface area (Å²) in [5.41, 5.74) is -6.02. The van der Waals surface area contributed by atoms with Gasteiger partial charge in [0.2, 0.25) is 0 Å². The maximum absolute atomic E-state index is 16.5. The number of hydrogen-bond acceptors (Lipinski definition) is 15. The number of carbonyl (C=O) groups excluding carboxylic acids is 5. The fourth-order valence-electron chi connectivity index (χ4n) is 11.9. The molecule has 2 aliphatic heterocycles. The monoisotopic (exact) mass is 946 g/mol. The molecule has 4 aliphatic carbocycles. The Morgan fingerprint density at radius 3 is 2.34 bits per heavy atom. The number of fused-ring (bicyclic) bond motifs is 5. The number of carbonyl (C=O) groups is 5. The average molecular weight is 947 g/mol. The van der Waals surface area contributed by atoms with Crippen molar-refractivity contribution in [2.75, 3.05) is 46.6 Å². The molecule has 16 heteroatoms. The summed E-state index contributed by atoms with van der Waals surface area (Å²) in [5, 5.41) is 28.8. The van der Waals surface area contributed by atoms with Gasteiger partial charge in [0, 0.05) is 50.4 Å². The fourth-order valence-corrected chi connectivity index (χ4v) is 11.9. The molecule has 3 N–H and O–H groups in total. The molecule has 0 unspecified atom stereocenters. The molecule has 2 saturated heterocycles. The molecule has 4 fully saturated rings. The third kappa shape index (κ3) is 9.61. The van der Waals surface area contributed by atoms with Gasteiger partial charge >= 0.3 is 24.0 Å². The zero-order valence-electron chi connectivity index (χ0n) is 40.9. The predicted octanol–water partition coefficient (Wildman–Crippen LogP) is 5.41. The van der Waals surface area contributed by atoms with Crippen LogP contribution in [0.15, 0.2) is 77.4 Å². The van der Waals surface area contributed by atoms with Crippen LogP contribution in [0.1, 0.15) is 99.1 Å². The maximum Gasteiger partial charge on any atom is 0.408 e. The van der Waals surface area contributed by atoms with Gasteiger partial charge in [-0.2, -0.15) is 0 Å². The number of esters is 3. The second-order valence-electron chi connectivity index (χ2n) is 20.9. The van der Waals surface area contributed by atoms with Gasteiger partial charge in [-0.1, -0.05) is 74.6 Å². The van der Waals surface area contributed by atoms with E-state index in [2.05, 4.69) is 10.2 Å². The van der Waals surface area contributed by atoms with E-state index >= 15 is 4.79 Å². The lowest BCUT2D eigenvalue weighted by atomic mass is 9.46. The number of morpholine rings is 1. The third-order valence-corrected chi connectivity index (χ3v) is 15.3. The van der Waals surface area contributed by atoms with Crippen molar-refractivity contribution in [1.29, 1.82) is 0 Å². The largest absolute Gasteiger partial charge is 0.456 e. The molecular weight excluding hydrogens is 877 g/mol. The van der Waals surface area contributed by atoms with Crippen LogP contribution in [0.3, 0.4) is 0 Å². The van der Waals surface area contributed by atoms with Gasteiger partial charge in [-0.15, -0.1) is 0 Å². The first-order valence-electron chi connectivity index (χ1n) is 23.9. The lowest BCUT2D eigenvalue weighted by Gasteiger charge is -2.64. The summed E-state index contributed by atoms with van der Waals surface area (Å²) < 4.78 is 43.2. The number of nitrogens with zero attached hydrogens (tertiary/aromatic N) is 1. The van der Waals surface area contributed by atoms with Crippen molar-refractivity contribution >= 4 is 29.8 Å². The number of methoxy groups -OCH3 is 1. The van der Waals surface area contributed by atoms with Crippen LogP contribution < -0.4 is 5.32 Å². The van der Waals surface area contributed by atoms with Crippen LogP contribution in [0.4, 0.5) is 4.79 Å². The number of rotatable bonds is 12. The molecule has 0 spiro atoms. The molecular formula is C52H70N2O14. The van der Waals surface area contributed by atoms with E-state index < -0.39 is 100 Å². The topological polar surface area (TPSA) is 206 Å². The number of aliphatic hydroxyl groups excluding tert-OH is 1. The third-order valence-electron chi connectivity index (χ3n) is 15.3. The molecule has 0 radical (unpaired) electrons. The van der Waals surface area contributed by atoms with Crippen LogP contribution in [-0.4, -0.2) is 139 Å². The van der Waals surface area contributed by atoms with Crippen molar-refractivity contribution in [3.8, 4) is 0 Å². The number of nitrogens with one attached hydrogen (secondary N) is 1. The van der Waals surface area contributed by atoms with Crippen molar-refractivity contribution in [3.63, 3.8) is 0 Å². The van der Waals surface area contributed by atoms with Crippen LogP contribution in [0.2, 0.25) is 0 Å². The van der Waals surface area contributed by atoms with Crippen LogP contribution in [0.5, 0.6) is 0 Å². The molecule has 6 aliphatic rings. The van der Waals surface area contributed by atoms with Crippen molar-refractivity contribution < 1.29 is 67.3 Å². The van der Waals surface area contributed by atoms with E-state index in [1.165, 1.54) is 14.0 Å². The summed E-state index contributed by atoms with van der Waals surface area (Å²) in [5.74, 6) is -5.03. The molecule has 2 heterocycles. The minimum absolute atomic E-state index is 0.157. The average Bonchev–Trinajstić information content (AvgIpc) is 3.60. The second kappa shape index (κ2) is 20.0. The Balaban J connectivity index is 1.42. The quantitative estimate of drug-likeness (QED) is 0.136. The van der Waals surface area contributed by atoms with Crippen molar-refractivity contribution in [2.45, 2.75) is 141 Å². The minimum Gasteiger partial charge on any atom is -0.456 e. The summed E-state index contributed by atoms with van der Waals surface area (Å²) in [6.07, 6.45) is 2.08. The van der Waals surface area contributed by atoms with E-state index in [9.17, 15) is 29.4 Å². The van der Waals surface area contributed by atoms with Gasteiger partial charge in [-0.3, -0.25) is 14.5 Å². The molecule has 372 valence electrons. The molecule has 2 bridgehead atoms. The summed E-state index contributed by atoms with van der Waals surface area (Å²) in [6.45, 7) is 16.1.